The summed E-state index contributed by atoms with van der Waals surface area (Å²) in [4.78, 5) is 55.6. The molecule has 16 heteroatoms. The number of carbonyl (C=O) groups excluding carboxylic acids is 3. The number of sulfonamides is 1. The molecule has 0 saturated carbocycles. The summed E-state index contributed by atoms with van der Waals surface area (Å²) in [5.74, 6) is -2.16. The third kappa shape index (κ3) is 5.69. The van der Waals surface area contributed by atoms with Crippen LogP contribution < -0.4 is 29.7 Å². The van der Waals surface area contributed by atoms with Crippen molar-refractivity contribution in [1.82, 2.24) is 4.57 Å². The summed E-state index contributed by atoms with van der Waals surface area (Å²) < 4.78 is 35.3. The minimum absolute atomic E-state index is 0.121. The molecule has 3 amide bonds. The highest BCUT2D eigenvalue weighted by Crippen LogP contribution is 2.54. The lowest BCUT2D eigenvalue weighted by Gasteiger charge is -2.31. The van der Waals surface area contributed by atoms with E-state index in [0.29, 0.717) is 43.4 Å². The van der Waals surface area contributed by atoms with Crippen molar-refractivity contribution in [1.29, 1.82) is 0 Å². The van der Waals surface area contributed by atoms with Gasteiger partial charge in [-0.2, -0.15) is 0 Å². The summed E-state index contributed by atoms with van der Waals surface area (Å²) in [6.07, 6.45) is 0. The van der Waals surface area contributed by atoms with E-state index in [-0.39, 0.29) is 4.90 Å². The highest BCUT2D eigenvalue weighted by atomic mass is 35.5. The van der Waals surface area contributed by atoms with Gasteiger partial charge in [-0.05, 0) is 66.2 Å². The molecule has 2 aliphatic rings. The lowest BCUT2D eigenvalue weighted by Crippen LogP contribution is -2.33. The second kappa shape index (κ2) is 12.2. The van der Waals surface area contributed by atoms with Crippen LogP contribution in [0.3, 0.4) is 0 Å². The molecule has 3 N–H and O–H groups in total. The van der Waals surface area contributed by atoms with Crippen LogP contribution in [-0.2, 0) is 31.0 Å². The molecule has 1 aromatic heterocycles. The molecule has 1 fully saturated rings. The number of fused-ring (bicyclic) bond motifs is 2. The van der Waals surface area contributed by atoms with Gasteiger partial charge in [-0.3, -0.25) is 23.7 Å². The van der Waals surface area contributed by atoms with Crippen molar-refractivity contribution >= 4 is 73.8 Å². The van der Waals surface area contributed by atoms with Crippen LogP contribution in [-0.4, -0.2) is 50.2 Å². The average Bonchev–Trinajstić information content (AvgIpc) is 3.47. The minimum Gasteiger partial charge on any atom is -0.493 e. The molecule has 0 bridgehead atoms. The van der Waals surface area contributed by atoms with E-state index < -0.39 is 56.2 Å². The predicted molar refractivity (Wildman–Crippen MR) is 173 cm³/mol. The summed E-state index contributed by atoms with van der Waals surface area (Å²) in [6.45, 7) is -0.395. The molecule has 6 rings (SSSR count). The topological polar surface area (TPSA) is 167 Å². The summed E-state index contributed by atoms with van der Waals surface area (Å²) in [5.41, 5.74) is 1.29. The average molecular weight is 701 g/mol. The van der Waals surface area contributed by atoms with E-state index >= 15 is 0 Å². The third-order valence-electron chi connectivity index (χ3n) is 7.67. The van der Waals surface area contributed by atoms with Gasteiger partial charge in [0.25, 0.3) is 0 Å². The number of benzene rings is 3. The van der Waals surface area contributed by atoms with Gasteiger partial charge in [-0.15, -0.1) is 0 Å². The predicted octanol–water partition coefficient (Wildman–Crippen LogP) is 3.66. The number of anilines is 2. The fourth-order valence-electron chi connectivity index (χ4n) is 5.58. The van der Waals surface area contributed by atoms with Crippen molar-refractivity contribution in [2.45, 2.75) is 27.6 Å². The zero-order chi connectivity index (χ0) is 32.9. The molecule has 2 aliphatic heterocycles. The fraction of sp³-hybridized carbons (Fsp3) is 0.200. The lowest BCUT2D eigenvalue weighted by atomic mass is 9.83. The van der Waals surface area contributed by atoms with Crippen LogP contribution in [0, 0.1) is 5.92 Å². The summed E-state index contributed by atoms with van der Waals surface area (Å²) in [7, 11) is -0.938. The lowest BCUT2D eigenvalue weighted by molar-refractivity contribution is -0.122. The van der Waals surface area contributed by atoms with E-state index in [9.17, 15) is 27.6 Å². The number of thioether (sulfide) groups is 1. The Bertz CT molecular complexity index is 2050. The standard InChI is InChI=1S/C30H25ClN4O8S3/c1-42-20-12-3-15(13-21(20)43-2)23-24-25(28(38)35(27(24)37)18-8-4-16(31)5-9-18)44-29-26(23)45-30(39)34(29)14-22(36)33-17-6-10-19(11-7-17)46(32,40)41/h3-13,23-25H,14H2,1-2H3,(H,33,36)(H2,32,40,41)/t23-,24+,25-/m0/s1. The molecule has 1 saturated heterocycles. The number of amides is 3. The molecule has 238 valence electrons. The Balaban J connectivity index is 1.40. The quantitative estimate of drug-likeness (QED) is 0.261. The number of carbonyl (C=O) groups is 3. The van der Waals surface area contributed by atoms with Crippen molar-refractivity contribution in [3.05, 3.63) is 91.9 Å². The van der Waals surface area contributed by atoms with Gasteiger partial charge in [0.05, 0.1) is 35.7 Å². The minimum atomic E-state index is -3.92. The Hall–Kier alpha value is -4.15. The maximum absolute atomic E-state index is 14.1. The van der Waals surface area contributed by atoms with E-state index in [1.54, 1.807) is 42.5 Å². The van der Waals surface area contributed by atoms with Crippen molar-refractivity contribution in [2.24, 2.45) is 11.1 Å². The monoisotopic (exact) mass is 700 g/mol. The summed E-state index contributed by atoms with van der Waals surface area (Å²) in [6, 6.07) is 16.8. The number of hydrogen-bond acceptors (Lipinski definition) is 10. The zero-order valence-corrected chi connectivity index (χ0v) is 27.3. The largest absolute Gasteiger partial charge is 0.493 e. The number of thiazole rings is 1. The second-order valence-electron chi connectivity index (χ2n) is 10.4. The maximum atomic E-state index is 14.1. The SMILES string of the molecule is COc1ccc([C@@H]2c3sc(=O)n(CC(=O)Nc4ccc(S(N)(=O)=O)cc4)c3S[C@@H]3C(=O)N(c4ccc(Cl)cc4)C(=O)[C@H]23)cc1OC. The molecule has 3 heterocycles. The van der Waals surface area contributed by atoms with Crippen molar-refractivity contribution < 1.29 is 32.3 Å². The number of nitrogens with one attached hydrogen (secondary N) is 1. The van der Waals surface area contributed by atoms with Gasteiger partial charge < -0.3 is 14.8 Å². The number of hydrogen-bond donors (Lipinski definition) is 2. The first-order valence-electron chi connectivity index (χ1n) is 13.6. The van der Waals surface area contributed by atoms with Gasteiger partial charge in [0.1, 0.15) is 11.8 Å². The summed E-state index contributed by atoms with van der Waals surface area (Å²) >= 11 is 8.04. The zero-order valence-electron chi connectivity index (χ0n) is 24.1. The Morgan fingerprint density at radius 3 is 2.26 bits per heavy atom. The molecule has 3 atom stereocenters. The molecule has 0 aliphatic carbocycles. The number of halogens is 1. The number of rotatable bonds is 8. The molecule has 0 unspecified atom stereocenters. The summed E-state index contributed by atoms with van der Waals surface area (Å²) in [5, 5.41) is 7.74. The van der Waals surface area contributed by atoms with E-state index in [1.807, 2.05) is 0 Å². The highest BCUT2D eigenvalue weighted by molar-refractivity contribution is 8.00. The van der Waals surface area contributed by atoms with Crippen LogP contribution in [0.4, 0.5) is 11.4 Å². The first-order valence-corrected chi connectivity index (χ1v) is 17.2. The second-order valence-corrected chi connectivity index (χ2v) is 14.5. The molecule has 0 spiro atoms. The Kier molecular flexibility index (Phi) is 8.45. The van der Waals surface area contributed by atoms with Gasteiger partial charge in [0.2, 0.25) is 27.7 Å². The number of nitrogens with zero attached hydrogens (tertiary/aromatic N) is 2. The van der Waals surface area contributed by atoms with E-state index in [1.165, 1.54) is 43.1 Å². The Morgan fingerprint density at radius 2 is 1.63 bits per heavy atom. The van der Waals surface area contributed by atoms with Crippen LogP contribution >= 0.6 is 34.7 Å². The van der Waals surface area contributed by atoms with E-state index in [0.717, 1.165) is 28.0 Å². The number of imide groups is 1. The highest BCUT2D eigenvalue weighted by Gasteiger charge is 2.57. The van der Waals surface area contributed by atoms with Crippen molar-refractivity contribution in [3.8, 4) is 11.5 Å². The first kappa shape index (κ1) is 31.8. The van der Waals surface area contributed by atoms with Crippen LogP contribution in [0.25, 0.3) is 0 Å². The number of primary sulfonamides is 1. The van der Waals surface area contributed by atoms with Gasteiger partial charge in [0.15, 0.2) is 11.5 Å². The number of aromatic nitrogens is 1. The number of methoxy groups -OCH3 is 2. The van der Waals surface area contributed by atoms with E-state index in [4.69, 9.17) is 26.2 Å². The Labute approximate surface area is 276 Å². The van der Waals surface area contributed by atoms with Gasteiger partial charge >= 0.3 is 4.87 Å². The fourth-order valence-corrected chi connectivity index (χ4v) is 8.99. The number of ether oxygens (including phenoxy) is 2. The van der Waals surface area contributed by atoms with Crippen LogP contribution in [0.5, 0.6) is 11.5 Å². The van der Waals surface area contributed by atoms with Crippen LogP contribution in [0.1, 0.15) is 16.4 Å². The maximum Gasteiger partial charge on any atom is 0.308 e. The molecule has 4 aromatic rings. The van der Waals surface area contributed by atoms with Gasteiger partial charge in [0, 0.05) is 21.5 Å². The van der Waals surface area contributed by atoms with Crippen molar-refractivity contribution in [3.63, 3.8) is 0 Å². The number of nitrogens with two attached hydrogens (primary N) is 1. The van der Waals surface area contributed by atoms with E-state index in [2.05, 4.69) is 5.32 Å². The molecular formula is C30H25ClN4O8S3. The normalized spacial score (nSPS) is 19.0. The first-order chi connectivity index (χ1) is 21.9. The van der Waals surface area contributed by atoms with Gasteiger partial charge in [-0.1, -0.05) is 40.8 Å². The molecular weight excluding hydrogens is 676 g/mol. The third-order valence-corrected chi connectivity index (χ3v) is 11.5. The Morgan fingerprint density at radius 1 is 0.957 bits per heavy atom. The molecule has 12 nitrogen and oxygen atoms in total. The molecule has 0 radical (unpaired) electrons. The van der Waals surface area contributed by atoms with Crippen LogP contribution in [0.2, 0.25) is 5.02 Å². The molecule has 3 aromatic carbocycles. The van der Waals surface area contributed by atoms with Crippen molar-refractivity contribution in [2.75, 3.05) is 24.4 Å². The van der Waals surface area contributed by atoms with Gasteiger partial charge in [-0.25, -0.2) is 18.5 Å². The smallest absolute Gasteiger partial charge is 0.308 e. The van der Waals surface area contributed by atoms with Crippen LogP contribution in [0.15, 0.2) is 81.4 Å². The molecule has 46 heavy (non-hydrogen) atoms.